The first-order valence-electron chi connectivity index (χ1n) is 8.18. The molecule has 0 fully saturated rings. The van der Waals surface area contributed by atoms with Gasteiger partial charge in [0.2, 0.25) is 0 Å². The van der Waals surface area contributed by atoms with Crippen LogP contribution in [0.3, 0.4) is 0 Å². The number of carbonyl (C=O) groups is 1. The van der Waals surface area contributed by atoms with Crippen LogP contribution in [0.5, 0.6) is 0 Å². The Labute approximate surface area is 128 Å². The molecule has 2 nitrogen and oxygen atoms in total. The van der Waals surface area contributed by atoms with Crippen LogP contribution in [-0.4, -0.2) is 11.8 Å². The third kappa shape index (κ3) is 4.20. The average Bonchev–Trinajstić information content (AvgIpc) is 2.49. The van der Waals surface area contributed by atoms with Crippen LogP contribution in [0.25, 0.3) is 0 Å². The number of benzene rings is 1. The Balaban J connectivity index is 2.05. The Bertz CT molecular complexity index is 488. The molecule has 2 atom stereocenters. The number of nitrogens with one attached hydrogen (secondary N) is 1. The van der Waals surface area contributed by atoms with Gasteiger partial charge in [-0.25, -0.2) is 0 Å². The number of hydrogen-bond acceptors (Lipinski definition) is 2. The molecule has 1 aliphatic carbocycles. The van der Waals surface area contributed by atoms with Gasteiger partial charge in [-0.1, -0.05) is 57.0 Å². The standard InChI is InChI=1S/C19H27NO/c1-4-15(5-2)14(3)20-18-11-17(12-19(21)13-18)16-9-7-6-8-10-16/h6-10,13-15,17,20H,4-5,11-12H2,1-3H3. The molecule has 2 unspecified atom stereocenters. The lowest BCUT2D eigenvalue weighted by atomic mass is 9.85. The molecular weight excluding hydrogens is 258 g/mol. The van der Waals surface area contributed by atoms with Crippen LogP contribution in [0.2, 0.25) is 0 Å². The van der Waals surface area contributed by atoms with Gasteiger partial charge in [-0.2, -0.15) is 0 Å². The van der Waals surface area contributed by atoms with Gasteiger partial charge in [0.1, 0.15) is 0 Å². The van der Waals surface area contributed by atoms with Gasteiger partial charge in [0.15, 0.2) is 5.78 Å². The van der Waals surface area contributed by atoms with E-state index in [1.165, 1.54) is 18.4 Å². The number of carbonyl (C=O) groups excluding carboxylic acids is 1. The van der Waals surface area contributed by atoms with Crippen LogP contribution in [0.15, 0.2) is 42.1 Å². The molecule has 0 saturated heterocycles. The largest absolute Gasteiger partial charge is 0.385 e. The monoisotopic (exact) mass is 285 g/mol. The Kier molecular flexibility index (Phi) is 5.60. The number of ketones is 1. The highest BCUT2D eigenvalue weighted by molar-refractivity contribution is 5.91. The first-order valence-corrected chi connectivity index (χ1v) is 8.18. The molecule has 114 valence electrons. The predicted octanol–water partition coefficient (Wildman–Crippen LogP) is 4.43. The molecule has 1 N–H and O–H groups in total. The minimum atomic E-state index is 0.245. The van der Waals surface area contributed by atoms with Crippen molar-refractivity contribution in [2.75, 3.05) is 0 Å². The van der Waals surface area contributed by atoms with Crippen LogP contribution < -0.4 is 5.32 Å². The fourth-order valence-electron chi connectivity index (χ4n) is 3.36. The summed E-state index contributed by atoms with van der Waals surface area (Å²) in [5.41, 5.74) is 2.38. The van der Waals surface area contributed by atoms with E-state index >= 15 is 0 Å². The highest BCUT2D eigenvalue weighted by Crippen LogP contribution is 2.31. The molecule has 0 radical (unpaired) electrons. The maximum atomic E-state index is 12.0. The summed E-state index contributed by atoms with van der Waals surface area (Å²) in [6.07, 6.45) is 5.75. The van der Waals surface area contributed by atoms with E-state index in [0.29, 0.717) is 24.3 Å². The highest BCUT2D eigenvalue weighted by atomic mass is 16.1. The molecule has 0 heterocycles. The summed E-state index contributed by atoms with van der Waals surface area (Å²) < 4.78 is 0. The van der Waals surface area contributed by atoms with Crippen LogP contribution >= 0.6 is 0 Å². The summed E-state index contributed by atoms with van der Waals surface area (Å²) in [5, 5.41) is 3.59. The summed E-state index contributed by atoms with van der Waals surface area (Å²) in [7, 11) is 0. The van der Waals surface area contributed by atoms with Crippen molar-refractivity contribution in [3.63, 3.8) is 0 Å². The predicted molar refractivity (Wildman–Crippen MR) is 88.2 cm³/mol. The molecule has 0 aliphatic heterocycles. The smallest absolute Gasteiger partial charge is 0.158 e. The van der Waals surface area contributed by atoms with Gasteiger partial charge in [-0.3, -0.25) is 4.79 Å². The average molecular weight is 285 g/mol. The summed E-state index contributed by atoms with van der Waals surface area (Å²) >= 11 is 0. The molecule has 0 amide bonds. The van der Waals surface area contributed by atoms with E-state index in [0.717, 1.165) is 12.1 Å². The molecule has 21 heavy (non-hydrogen) atoms. The van der Waals surface area contributed by atoms with Gasteiger partial charge in [0, 0.05) is 24.2 Å². The van der Waals surface area contributed by atoms with Crippen molar-refractivity contribution in [3.8, 4) is 0 Å². The fourth-order valence-corrected chi connectivity index (χ4v) is 3.36. The minimum Gasteiger partial charge on any atom is -0.385 e. The third-order valence-corrected chi connectivity index (χ3v) is 4.69. The Morgan fingerprint density at radius 1 is 1.14 bits per heavy atom. The van der Waals surface area contributed by atoms with Gasteiger partial charge >= 0.3 is 0 Å². The SMILES string of the molecule is CCC(CC)C(C)NC1=CC(=O)CC(c2ccccc2)C1. The van der Waals surface area contributed by atoms with Crippen molar-refractivity contribution in [1.82, 2.24) is 5.32 Å². The second kappa shape index (κ2) is 7.44. The first-order chi connectivity index (χ1) is 10.1. The second-order valence-corrected chi connectivity index (χ2v) is 6.16. The quantitative estimate of drug-likeness (QED) is 0.837. The number of allylic oxidation sites excluding steroid dienone is 2. The van der Waals surface area contributed by atoms with Crippen molar-refractivity contribution in [2.24, 2.45) is 5.92 Å². The molecule has 1 aliphatic rings. The van der Waals surface area contributed by atoms with Gasteiger partial charge < -0.3 is 5.32 Å². The summed E-state index contributed by atoms with van der Waals surface area (Å²) in [6.45, 7) is 6.70. The number of hydrogen-bond donors (Lipinski definition) is 1. The van der Waals surface area contributed by atoms with Crippen molar-refractivity contribution in [2.45, 2.75) is 58.4 Å². The van der Waals surface area contributed by atoms with Crippen molar-refractivity contribution in [3.05, 3.63) is 47.7 Å². The lowest BCUT2D eigenvalue weighted by molar-refractivity contribution is -0.115. The van der Waals surface area contributed by atoms with E-state index in [2.05, 4.69) is 50.4 Å². The van der Waals surface area contributed by atoms with E-state index in [-0.39, 0.29) is 5.78 Å². The Morgan fingerprint density at radius 3 is 2.43 bits per heavy atom. The van der Waals surface area contributed by atoms with Crippen LogP contribution in [0, 0.1) is 5.92 Å². The molecule has 2 heteroatoms. The van der Waals surface area contributed by atoms with Crippen molar-refractivity contribution in [1.29, 1.82) is 0 Å². The van der Waals surface area contributed by atoms with E-state index in [1.807, 2.05) is 12.1 Å². The van der Waals surface area contributed by atoms with E-state index in [4.69, 9.17) is 0 Å². The highest BCUT2D eigenvalue weighted by Gasteiger charge is 2.24. The molecule has 1 aromatic carbocycles. The van der Waals surface area contributed by atoms with Crippen LogP contribution in [0.4, 0.5) is 0 Å². The normalized spacial score (nSPS) is 20.3. The summed E-state index contributed by atoms with van der Waals surface area (Å²) in [4.78, 5) is 12.0. The minimum absolute atomic E-state index is 0.245. The van der Waals surface area contributed by atoms with Gasteiger partial charge in [-0.05, 0) is 30.7 Å². The van der Waals surface area contributed by atoms with Crippen molar-refractivity contribution >= 4 is 5.78 Å². The van der Waals surface area contributed by atoms with Gasteiger partial charge in [0.05, 0.1) is 0 Å². The topological polar surface area (TPSA) is 29.1 Å². The maximum absolute atomic E-state index is 12.0. The van der Waals surface area contributed by atoms with Crippen molar-refractivity contribution < 1.29 is 4.79 Å². The van der Waals surface area contributed by atoms with E-state index in [9.17, 15) is 4.79 Å². The molecule has 0 aromatic heterocycles. The molecule has 0 bridgehead atoms. The molecule has 2 rings (SSSR count). The van der Waals surface area contributed by atoms with Gasteiger partial charge in [0.25, 0.3) is 0 Å². The second-order valence-electron chi connectivity index (χ2n) is 6.16. The van der Waals surface area contributed by atoms with E-state index in [1.54, 1.807) is 0 Å². The van der Waals surface area contributed by atoms with Gasteiger partial charge in [-0.15, -0.1) is 0 Å². The van der Waals surface area contributed by atoms with Crippen LogP contribution in [-0.2, 0) is 4.79 Å². The number of rotatable bonds is 6. The zero-order valence-electron chi connectivity index (χ0n) is 13.4. The maximum Gasteiger partial charge on any atom is 0.158 e. The Morgan fingerprint density at radius 2 is 1.81 bits per heavy atom. The zero-order valence-corrected chi connectivity index (χ0v) is 13.4. The lowest BCUT2D eigenvalue weighted by Gasteiger charge is -2.29. The molecular formula is C19H27NO. The molecule has 0 spiro atoms. The summed E-state index contributed by atoms with van der Waals surface area (Å²) in [5.74, 6) is 1.23. The molecule has 0 saturated carbocycles. The lowest BCUT2D eigenvalue weighted by Crippen LogP contribution is -2.34. The fraction of sp³-hybridized carbons (Fsp3) is 0.526. The zero-order chi connectivity index (χ0) is 15.2. The Hall–Kier alpha value is -1.57. The first kappa shape index (κ1) is 15.8. The third-order valence-electron chi connectivity index (χ3n) is 4.69. The molecule has 1 aromatic rings. The van der Waals surface area contributed by atoms with Crippen LogP contribution in [0.1, 0.15) is 57.9 Å². The summed E-state index contributed by atoms with van der Waals surface area (Å²) in [6, 6.07) is 10.8. The van der Waals surface area contributed by atoms with E-state index < -0.39 is 0 Å².